The van der Waals surface area contributed by atoms with E-state index in [2.05, 4.69) is 29.1 Å². The van der Waals surface area contributed by atoms with Crippen LogP contribution >= 0.6 is 11.8 Å². The van der Waals surface area contributed by atoms with Gasteiger partial charge in [0.25, 0.3) is 0 Å². The van der Waals surface area contributed by atoms with Crippen LogP contribution in [0.2, 0.25) is 0 Å². The molecule has 0 aliphatic rings. The third-order valence-electron chi connectivity index (χ3n) is 2.01. The lowest BCUT2D eigenvalue weighted by molar-refractivity contribution is 0.362. The maximum absolute atomic E-state index is 5.57. The van der Waals surface area contributed by atoms with Gasteiger partial charge in [0, 0.05) is 6.20 Å². The molecular formula is C10H15N5OS. The lowest BCUT2D eigenvalue weighted by Gasteiger charge is -1.99. The van der Waals surface area contributed by atoms with E-state index in [-0.39, 0.29) is 0 Å². The average molecular weight is 253 g/mol. The molecule has 7 heteroatoms. The van der Waals surface area contributed by atoms with Gasteiger partial charge in [-0.15, -0.1) is 0 Å². The van der Waals surface area contributed by atoms with Gasteiger partial charge in [0.1, 0.15) is 6.54 Å². The molecule has 0 radical (unpaired) electrons. The molecule has 0 aromatic carbocycles. The highest BCUT2D eigenvalue weighted by atomic mass is 32.2. The summed E-state index contributed by atoms with van der Waals surface area (Å²) in [5.74, 6) is 2.04. The zero-order valence-electron chi connectivity index (χ0n) is 9.83. The maximum atomic E-state index is 5.57. The van der Waals surface area contributed by atoms with Crippen molar-refractivity contribution in [3.63, 3.8) is 0 Å². The van der Waals surface area contributed by atoms with Crippen LogP contribution < -0.4 is 5.73 Å². The molecule has 0 fully saturated rings. The summed E-state index contributed by atoms with van der Waals surface area (Å²) in [7, 11) is 0. The van der Waals surface area contributed by atoms with Crippen molar-refractivity contribution >= 4 is 17.4 Å². The summed E-state index contributed by atoms with van der Waals surface area (Å²) in [6, 6.07) is 0. The minimum absolute atomic E-state index is 0.455. The van der Waals surface area contributed by atoms with Gasteiger partial charge in [-0.3, -0.25) is 4.68 Å². The third kappa shape index (κ3) is 3.48. The van der Waals surface area contributed by atoms with Crippen LogP contribution in [0.4, 0.5) is 5.69 Å². The molecule has 0 bridgehead atoms. The minimum atomic E-state index is 0.455. The highest BCUT2D eigenvalue weighted by Gasteiger charge is 2.08. The molecule has 0 aliphatic carbocycles. The van der Waals surface area contributed by atoms with Crippen molar-refractivity contribution in [1.82, 2.24) is 19.9 Å². The van der Waals surface area contributed by atoms with Gasteiger partial charge in [-0.1, -0.05) is 19.0 Å². The first-order valence-electron chi connectivity index (χ1n) is 5.34. The van der Waals surface area contributed by atoms with E-state index in [9.17, 15) is 0 Å². The number of nitrogens with zero attached hydrogens (tertiary/aromatic N) is 4. The SMILES string of the molecule is CC(C)SCc1noc(Cn2cc(N)cn2)n1. The van der Waals surface area contributed by atoms with E-state index in [1.165, 1.54) is 0 Å². The van der Waals surface area contributed by atoms with Crippen LogP contribution in [0.25, 0.3) is 0 Å². The molecule has 0 atom stereocenters. The smallest absolute Gasteiger partial charge is 0.248 e. The molecule has 2 N–H and O–H groups in total. The van der Waals surface area contributed by atoms with Crippen molar-refractivity contribution < 1.29 is 4.52 Å². The molecule has 2 aromatic heterocycles. The molecule has 0 aliphatic heterocycles. The zero-order valence-corrected chi connectivity index (χ0v) is 10.6. The Hall–Kier alpha value is -1.50. The molecule has 0 saturated carbocycles. The zero-order chi connectivity index (χ0) is 12.3. The van der Waals surface area contributed by atoms with Crippen LogP contribution in [0.15, 0.2) is 16.9 Å². The van der Waals surface area contributed by atoms with Crippen molar-refractivity contribution in [2.75, 3.05) is 5.73 Å². The molecule has 2 rings (SSSR count). The van der Waals surface area contributed by atoms with Gasteiger partial charge in [0.05, 0.1) is 17.6 Å². The highest BCUT2D eigenvalue weighted by Crippen LogP contribution is 2.15. The number of anilines is 1. The van der Waals surface area contributed by atoms with E-state index in [1.54, 1.807) is 28.8 Å². The largest absolute Gasteiger partial charge is 0.396 e. The Bertz CT molecular complexity index is 479. The highest BCUT2D eigenvalue weighted by molar-refractivity contribution is 7.99. The number of nitrogens with two attached hydrogens (primary N) is 1. The number of thioether (sulfide) groups is 1. The van der Waals surface area contributed by atoms with Crippen LogP contribution in [-0.4, -0.2) is 25.2 Å². The Morgan fingerprint density at radius 1 is 1.53 bits per heavy atom. The molecule has 92 valence electrons. The average Bonchev–Trinajstić information content (AvgIpc) is 2.86. The van der Waals surface area contributed by atoms with Crippen molar-refractivity contribution in [3.05, 3.63) is 24.1 Å². The fourth-order valence-electron chi connectivity index (χ4n) is 1.26. The summed E-state index contributed by atoms with van der Waals surface area (Å²) < 4.78 is 6.80. The molecule has 17 heavy (non-hydrogen) atoms. The summed E-state index contributed by atoms with van der Waals surface area (Å²) >= 11 is 1.78. The predicted molar refractivity (Wildman–Crippen MR) is 66.5 cm³/mol. The summed E-state index contributed by atoms with van der Waals surface area (Å²) in [4.78, 5) is 4.29. The number of hydrogen-bond acceptors (Lipinski definition) is 6. The summed E-state index contributed by atoms with van der Waals surface area (Å²) in [6.45, 7) is 4.73. The predicted octanol–water partition coefficient (Wildman–Crippen LogP) is 1.54. The van der Waals surface area contributed by atoms with Crippen molar-refractivity contribution in [3.8, 4) is 0 Å². The van der Waals surface area contributed by atoms with Crippen LogP contribution in [0.3, 0.4) is 0 Å². The Morgan fingerprint density at radius 3 is 3.00 bits per heavy atom. The van der Waals surface area contributed by atoms with Crippen LogP contribution in [0.5, 0.6) is 0 Å². The molecule has 0 unspecified atom stereocenters. The van der Waals surface area contributed by atoms with E-state index in [1.807, 2.05) is 0 Å². The first-order chi connectivity index (χ1) is 8.13. The van der Waals surface area contributed by atoms with E-state index in [0.29, 0.717) is 23.4 Å². The summed E-state index contributed by atoms with van der Waals surface area (Å²) in [5.41, 5.74) is 6.19. The fourth-order valence-corrected chi connectivity index (χ4v) is 1.86. The summed E-state index contributed by atoms with van der Waals surface area (Å²) in [5, 5.41) is 8.52. The van der Waals surface area contributed by atoms with Crippen molar-refractivity contribution in [2.24, 2.45) is 0 Å². The molecule has 0 spiro atoms. The second kappa shape index (κ2) is 5.22. The monoisotopic (exact) mass is 253 g/mol. The van der Waals surface area contributed by atoms with Crippen LogP contribution in [0.1, 0.15) is 25.6 Å². The second-order valence-electron chi connectivity index (χ2n) is 3.94. The van der Waals surface area contributed by atoms with E-state index >= 15 is 0 Å². The normalized spacial score (nSPS) is 11.2. The Labute approximate surface area is 104 Å². The van der Waals surface area contributed by atoms with Gasteiger partial charge in [0.15, 0.2) is 5.82 Å². The first kappa shape index (κ1) is 12.0. The van der Waals surface area contributed by atoms with Gasteiger partial charge in [-0.25, -0.2) is 0 Å². The molecule has 2 aromatic rings. The third-order valence-corrected chi connectivity index (χ3v) is 3.10. The quantitative estimate of drug-likeness (QED) is 0.870. The molecule has 0 saturated heterocycles. The minimum Gasteiger partial charge on any atom is -0.396 e. The van der Waals surface area contributed by atoms with Crippen molar-refractivity contribution in [2.45, 2.75) is 31.4 Å². The topological polar surface area (TPSA) is 82.8 Å². The Balaban J connectivity index is 1.94. The van der Waals surface area contributed by atoms with Crippen molar-refractivity contribution in [1.29, 1.82) is 0 Å². The first-order valence-corrected chi connectivity index (χ1v) is 6.39. The van der Waals surface area contributed by atoms with Gasteiger partial charge in [-0.05, 0) is 5.25 Å². The van der Waals surface area contributed by atoms with Crippen LogP contribution in [-0.2, 0) is 12.3 Å². The van der Waals surface area contributed by atoms with E-state index in [4.69, 9.17) is 10.3 Å². The van der Waals surface area contributed by atoms with Gasteiger partial charge >= 0.3 is 0 Å². The van der Waals surface area contributed by atoms with Crippen LogP contribution in [0, 0.1) is 0 Å². The fraction of sp³-hybridized carbons (Fsp3) is 0.500. The molecular weight excluding hydrogens is 238 g/mol. The standard InChI is InChI=1S/C10H15N5OS/c1-7(2)17-6-9-13-10(16-14-9)5-15-4-8(11)3-12-15/h3-4,7H,5-6,11H2,1-2H3. The van der Waals surface area contributed by atoms with E-state index in [0.717, 1.165) is 11.6 Å². The Morgan fingerprint density at radius 2 is 2.35 bits per heavy atom. The van der Waals surface area contributed by atoms with E-state index < -0.39 is 0 Å². The molecule has 0 amide bonds. The summed E-state index contributed by atoms with van der Waals surface area (Å²) in [6.07, 6.45) is 3.32. The number of nitrogen functional groups attached to an aromatic ring is 1. The van der Waals surface area contributed by atoms with Gasteiger partial charge < -0.3 is 10.3 Å². The Kier molecular flexibility index (Phi) is 3.68. The number of rotatable bonds is 5. The van der Waals surface area contributed by atoms with Gasteiger partial charge in [-0.2, -0.15) is 21.8 Å². The lowest BCUT2D eigenvalue weighted by Crippen LogP contribution is -2.00. The van der Waals surface area contributed by atoms with Gasteiger partial charge in [0.2, 0.25) is 5.89 Å². The second-order valence-corrected chi connectivity index (χ2v) is 5.50. The molecule has 6 nitrogen and oxygen atoms in total. The number of aromatic nitrogens is 4. The molecule has 2 heterocycles. The maximum Gasteiger partial charge on any atom is 0.248 e. The lowest BCUT2D eigenvalue weighted by atomic mass is 10.6. The number of hydrogen-bond donors (Lipinski definition) is 1.